The zero-order chi connectivity index (χ0) is 23.9. The molecule has 0 N–H and O–H groups in total. The first-order chi connectivity index (χ1) is 16.5. The topological polar surface area (TPSA) is 0 Å². The van der Waals surface area contributed by atoms with E-state index in [1.165, 1.54) is 12.1 Å². The van der Waals surface area contributed by atoms with Gasteiger partial charge in [-0.05, 0) is 96.9 Å². The predicted octanol–water partition coefficient (Wildman–Crippen LogP) is 8.34. The van der Waals surface area contributed by atoms with Gasteiger partial charge in [-0.3, -0.25) is 0 Å². The SMILES string of the molecule is C/C=C/CCc1ccc(CCc2ccc3c(F)c(CCc4ccc(F)cc4)ccc3c2)c(F)c1. The molecule has 0 unspecified atom stereocenters. The average Bonchev–Trinajstić information content (AvgIpc) is 2.84. The third-order valence-corrected chi connectivity index (χ3v) is 6.33. The van der Waals surface area contributed by atoms with Crippen LogP contribution in [0.25, 0.3) is 10.8 Å². The monoisotopic (exact) mass is 458 g/mol. The number of fused-ring (bicyclic) bond motifs is 1. The van der Waals surface area contributed by atoms with Gasteiger partial charge in [0.1, 0.15) is 17.5 Å². The van der Waals surface area contributed by atoms with E-state index in [4.69, 9.17) is 0 Å². The first-order valence-corrected chi connectivity index (χ1v) is 11.9. The van der Waals surface area contributed by atoms with Crippen molar-refractivity contribution < 1.29 is 13.2 Å². The molecule has 174 valence electrons. The molecule has 0 saturated heterocycles. The lowest BCUT2D eigenvalue weighted by Crippen LogP contribution is -1.98. The second kappa shape index (κ2) is 11.2. The second-order valence-corrected chi connectivity index (χ2v) is 8.75. The molecule has 0 aliphatic heterocycles. The van der Waals surface area contributed by atoms with Crippen molar-refractivity contribution in [3.05, 3.63) is 130 Å². The first kappa shape index (κ1) is 23.8. The van der Waals surface area contributed by atoms with E-state index in [-0.39, 0.29) is 17.5 Å². The fourth-order valence-electron chi connectivity index (χ4n) is 4.31. The molecule has 0 bridgehead atoms. The molecular formula is C31H29F3. The minimum Gasteiger partial charge on any atom is -0.207 e. The fraction of sp³-hybridized carbons (Fsp3) is 0.226. The van der Waals surface area contributed by atoms with Crippen molar-refractivity contribution in [2.75, 3.05) is 0 Å². The van der Waals surface area contributed by atoms with Crippen molar-refractivity contribution in [2.24, 2.45) is 0 Å². The van der Waals surface area contributed by atoms with Crippen LogP contribution in [0.2, 0.25) is 0 Å². The Morgan fingerprint density at radius 3 is 2.03 bits per heavy atom. The number of halogens is 3. The van der Waals surface area contributed by atoms with Crippen molar-refractivity contribution in [1.29, 1.82) is 0 Å². The van der Waals surface area contributed by atoms with Gasteiger partial charge in [0.2, 0.25) is 0 Å². The molecule has 0 spiro atoms. The summed E-state index contributed by atoms with van der Waals surface area (Å²) in [4.78, 5) is 0. The number of allylic oxidation sites excluding steroid dienone is 2. The van der Waals surface area contributed by atoms with E-state index in [0.29, 0.717) is 42.2 Å². The average molecular weight is 459 g/mol. The maximum atomic E-state index is 15.1. The van der Waals surface area contributed by atoms with Crippen LogP contribution in [0.4, 0.5) is 13.2 Å². The molecule has 0 nitrogen and oxygen atoms in total. The lowest BCUT2D eigenvalue weighted by Gasteiger charge is -2.10. The highest BCUT2D eigenvalue weighted by atomic mass is 19.1. The zero-order valence-corrected chi connectivity index (χ0v) is 19.5. The molecular weight excluding hydrogens is 429 g/mol. The van der Waals surface area contributed by atoms with Crippen molar-refractivity contribution in [2.45, 2.75) is 45.4 Å². The number of rotatable bonds is 9. The Morgan fingerprint density at radius 1 is 0.618 bits per heavy atom. The molecule has 0 amide bonds. The van der Waals surface area contributed by atoms with Gasteiger partial charge in [-0.2, -0.15) is 0 Å². The summed E-state index contributed by atoms with van der Waals surface area (Å²) < 4.78 is 42.7. The Balaban J connectivity index is 1.41. The van der Waals surface area contributed by atoms with Crippen LogP contribution in [0.3, 0.4) is 0 Å². The van der Waals surface area contributed by atoms with E-state index in [2.05, 4.69) is 6.08 Å². The highest BCUT2D eigenvalue weighted by Gasteiger charge is 2.10. The molecule has 4 rings (SSSR count). The number of aryl methyl sites for hydroxylation is 5. The molecule has 0 radical (unpaired) electrons. The van der Waals surface area contributed by atoms with E-state index in [0.717, 1.165) is 34.9 Å². The third-order valence-electron chi connectivity index (χ3n) is 6.33. The Bertz CT molecular complexity index is 1290. The lowest BCUT2D eigenvalue weighted by atomic mass is 9.97. The number of hydrogen-bond acceptors (Lipinski definition) is 0. The Hall–Kier alpha value is -3.33. The van der Waals surface area contributed by atoms with Crippen LogP contribution in [-0.2, 0) is 32.1 Å². The molecule has 4 aromatic carbocycles. The summed E-state index contributed by atoms with van der Waals surface area (Å²) in [6, 6.07) is 21.4. The molecule has 0 fully saturated rings. The normalized spacial score (nSPS) is 11.5. The quantitative estimate of drug-likeness (QED) is 0.221. The molecule has 0 aliphatic carbocycles. The standard InChI is InChI=1S/C31H29F3/c1-2-3-4-5-23-7-12-25(30(33)21-23)13-8-24-11-19-29-27(20-24)16-15-26(31(29)34)14-6-22-9-17-28(32)18-10-22/h2-3,7,9-12,15-21H,4-6,8,13-14H2,1H3/b3-2+. The fourth-order valence-corrected chi connectivity index (χ4v) is 4.31. The van der Waals surface area contributed by atoms with Crippen LogP contribution in [0.15, 0.2) is 84.9 Å². The predicted molar refractivity (Wildman–Crippen MR) is 135 cm³/mol. The van der Waals surface area contributed by atoms with Gasteiger partial charge >= 0.3 is 0 Å². The molecule has 3 heteroatoms. The van der Waals surface area contributed by atoms with Crippen LogP contribution in [-0.4, -0.2) is 0 Å². The van der Waals surface area contributed by atoms with Gasteiger partial charge in [0, 0.05) is 5.39 Å². The Morgan fingerprint density at radius 2 is 1.26 bits per heavy atom. The maximum absolute atomic E-state index is 15.1. The largest absolute Gasteiger partial charge is 0.207 e. The summed E-state index contributed by atoms with van der Waals surface area (Å²) in [5, 5.41) is 1.44. The van der Waals surface area contributed by atoms with Crippen LogP contribution in [0, 0.1) is 17.5 Å². The van der Waals surface area contributed by atoms with Crippen LogP contribution in [0.5, 0.6) is 0 Å². The van der Waals surface area contributed by atoms with Gasteiger partial charge < -0.3 is 0 Å². The van der Waals surface area contributed by atoms with E-state index in [1.54, 1.807) is 18.2 Å². The molecule has 0 saturated carbocycles. The Kier molecular flexibility index (Phi) is 7.84. The van der Waals surface area contributed by atoms with E-state index < -0.39 is 0 Å². The molecule has 34 heavy (non-hydrogen) atoms. The molecule has 0 heterocycles. The van der Waals surface area contributed by atoms with Crippen molar-refractivity contribution in [3.8, 4) is 0 Å². The maximum Gasteiger partial charge on any atom is 0.134 e. The van der Waals surface area contributed by atoms with Gasteiger partial charge in [0.25, 0.3) is 0 Å². The highest BCUT2D eigenvalue weighted by molar-refractivity contribution is 5.84. The van der Waals surface area contributed by atoms with Crippen LogP contribution < -0.4 is 0 Å². The zero-order valence-electron chi connectivity index (χ0n) is 19.5. The second-order valence-electron chi connectivity index (χ2n) is 8.75. The summed E-state index contributed by atoms with van der Waals surface area (Å²) in [6.07, 6.45) is 8.35. The smallest absolute Gasteiger partial charge is 0.134 e. The summed E-state index contributed by atoms with van der Waals surface area (Å²) >= 11 is 0. The molecule has 0 aromatic heterocycles. The lowest BCUT2D eigenvalue weighted by molar-refractivity contribution is 0.606. The third kappa shape index (κ3) is 5.96. The number of benzene rings is 4. The summed E-state index contributed by atoms with van der Waals surface area (Å²) in [7, 11) is 0. The van der Waals surface area contributed by atoms with Crippen molar-refractivity contribution in [1.82, 2.24) is 0 Å². The molecule has 4 aromatic rings. The number of hydrogen-bond donors (Lipinski definition) is 0. The van der Waals surface area contributed by atoms with Crippen LogP contribution in [0.1, 0.15) is 41.2 Å². The Labute approximate surface area is 199 Å². The minimum atomic E-state index is -0.267. The summed E-state index contributed by atoms with van der Waals surface area (Å²) in [5.74, 6) is -0.627. The van der Waals surface area contributed by atoms with Crippen LogP contribution >= 0.6 is 0 Å². The van der Waals surface area contributed by atoms with E-state index in [1.807, 2.05) is 55.5 Å². The summed E-state index contributed by atoms with van der Waals surface area (Å²) in [6.45, 7) is 1.99. The van der Waals surface area contributed by atoms with E-state index in [9.17, 15) is 8.78 Å². The minimum absolute atomic E-state index is 0.157. The summed E-state index contributed by atoms with van der Waals surface area (Å²) in [5.41, 5.74) is 4.41. The highest BCUT2D eigenvalue weighted by Crippen LogP contribution is 2.25. The molecule has 0 aliphatic rings. The van der Waals surface area contributed by atoms with Gasteiger partial charge in [-0.25, -0.2) is 13.2 Å². The molecule has 0 atom stereocenters. The van der Waals surface area contributed by atoms with Crippen molar-refractivity contribution in [3.63, 3.8) is 0 Å². The van der Waals surface area contributed by atoms with E-state index >= 15 is 4.39 Å². The first-order valence-electron chi connectivity index (χ1n) is 11.9. The van der Waals surface area contributed by atoms with Gasteiger partial charge in [0.05, 0.1) is 0 Å². The van der Waals surface area contributed by atoms with Gasteiger partial charge in [-0.15, -0.1) is 0 Å². The van der Waals surface area contributed by atoms with Crippen molar-refractivity contribution >= 4 is 10.8 Å². The van der Waals surface area contributed by atoms with Gasteiger partial charge in [0.15, 0.2) is 0 Å². The van der Waals surface area contributed by atoms with Gasteiger partial charge in [-0.1, -0.05) is 66.7 Å².